The molecular weight excluding hydrogens is 516 g/mol. The number of nitrogen functional groups attached to an aromatic ring is 2. The minimum atomic E-state index is 0.672. The molecule has 0 aliphatic rings. The minimum Gasteiger partial charge on any atom is -0.457 e. The smallest absolute Gasteiger partial charge is 0.129 e. The van der Waals surface area contributed by atoms with Crippen LogP contribution in [0, 0.1) is 0 Å². The second-order valence-corrected chi connectivity index (χ2v) is 10.2. The third-order valence-corrected chi connectivity index (χ3v) is 7.41. The van der Waals surface area contributed by atoms with Crippen LogP contribution in [-0.4, -0.2) is 0 Å². The van der Waals surface area contributed by atoms with E-state index in [2.05, 4.69) is 72.8 Å². The van der Waals surface area contributed by atoms with Crippen molar-refractivity contribution >= 4 is 32.9 Å². The van der Waals surface area contributed by atoms with Crippen molar-refractivity contribution < 1.29 is 9.47 Å². The maximum Gasteiger partial charge on any atom is 0.129 e. The maximum atomic E-state index is 6.06. The first kappa shape index (κ1) is 25.2. The van der Waals surface area contributed by atoms with Crippen LogP contribution in [0.3, 0.4) is 0 Å². The van der Waals surface area contributed by atoms with Crippen molar-refractivity contribution in [2.24, 2.45) is 0 Å². The molecule has 0 aliphatic carbocycles. The summed E-state index contributed by atoms with van der Waals surface area (Å²) < 4.78 is 12.1. The maximum absolute atomic E-state index is 6.06. The molecule has 0 saturated carbocycles. The lowest BCUT2D eigenvalue weighted by atomic mass is 9.86. The summed E-state index contributed by atoms with van der Waals surface area (Å²) in [6, 6.07) is 48.7. The molecule has 7 aromatic rings. The van der Waals surface area contributed by atoms with Gasteiger partial charge in [-0.3, -0.25) is 0 Å². The van der Waals surface area contributed by atoms with Gasteiger partial charge in [0.15, 0.2) is 0 Å². The van der Waals surface area contributed by atoms with E-state index in [0.717, 1.165) is 22.6 Å². The van der Waals surface area contributed by atoms with Crippen molar-refractivity contribution in [1.82, 2.24) is 0 Å². The fraction of sp³-hybridized carbons (Fsp3) is 0. The Labute approximate surface area is 244 Å². The van der Waals surface area contributed by atoms with Crippen LogP contribution in [0.1, 0.15) is 0 Å². The van der Waals surface area contributed by atoms with Gasteiger partial charge < -0.3 is 20.9 Å². The molecule has 42 heavy (non-hydrogen) atoms. The normalized spacial score (nSPS) is 11.0. The van der Waals surface area contributed by atoms with E-state index in [1.54, 1.807) is 0 Å². The molecule has 0 unspecified atom stereocenters. The van der Waals surface area contributed by atoms with Crippen LogP contribution >= 0.6 is 0 Å². The second kappa shape index (κ2) is 10.7. The van der Waals surface area contributed by atoms with E-state index in [1.807, 2.05) is 72.8 Å². The zero-order chi connectivity index (χ0) is 28.5. The molecule has 202 valence electrons. The highest BCUT2D eigenvalue weighted by molar-refractivity contribution is 6.21. The van der Waals surface area contributed by atoms with Gasteiger partial charge in [0.1, 0.15) is 23.0 Å². The summed E-state index contributed by atoms with van der Waals surface area (Å²) in [6.45, 7) is 0. The average molecular weight is 545 g/mol. The summed E-state index contributed by atoms with van der Waals surface area (Å²) in [5, 5.41) is 4.76. The van der Waals surface area contributed by atoms with Gasteiger partial charge in [0.25, 0.3) is 0 Å². The summed E-state index contributed by atoms with van der Waals surface area (Å²) in [7, 11) is 0. The fourth-order valence-corrected chi connectivity index (χ4v) is 5.56. The first-order valence-electron chi connectivity index (χ1n) is 13.8. The Bertz CT molecular complexity index is 1840. The van der Waals surface area contributed by atoms with E-state index < -0.39 is 0 Å². The zero-order valence-corrected chi connectivity index (χ0v) is 22.8. The van der Waals surface area contributed by atoms with Crippen LogP contribution in [0.5, 0.6) is 23.0 Å². The lowest BCUT2D eigenvalue weighted by Gasteiger charge is -2.18. The second-order valence-electron chi connectivity index (χ2n) is 10.2. The van der Waals surface area contributed by atoms with Crippen LogP contribution in [0.15, 0.2) is 146 Å². The number of rotatable bonds is 6. The van der Waals surface area contributed by atoms with Gasteiger partial charge >= 0.3 is 0 Å². The quantitative estimate of drug-likeness (QED) is 0.161. The van der Waals surface area contributed by atoms with Crippen molar-refractivity contribution in [1.29, 1.82) is 0 Å². The van der Waals surface area contributed by atoms with Gasteiger partial charge in [0, 0.05) is 23.5 Å². The lowest BCUT2D eigenvalue weighted by Crippen LogP contribution is -1.92. The molecule has 0 fully saturated rings. The average Bonchev–Trinajstić information content (AvgIpc) is 3.01. The fourth-order valence-electron chi connectivity index (χ4n) is 5.56. The van der Waals surface area contributed by atoms with E-state index in [9.17, 15) is 0 Å². The highest BCUT2D eigenvalue weighted by atomic mass is 16.5. The summed E-state index contributed by atoms with van der Waals surface area (Å²) in [5.41, 5.74) is 17.8. The zero-order valence-electron chi connectivity index (χ0n) is 22.8. The molecule has 0 amide bonds. The molecule has 7 aromatic carbocycles. The molecule has 0 bridgehead atoms. The van der Waals surface area contributed by atoms with Crippen molar-refractivity contribution in [2.45, 2.75) is 0 Å². The van der Waals surface area contributed by atoms with Crippen molar-refractivity contribution in [3.05, 3.63) is 146 Å². The minimum absolute atomic E-state index is 0.672. The standard InChI is InChI=1S/C38H28N2O2/c39-27-7-5-9-31(23-27)41-29-19-15-25(16-20-29)37-33-11-1-2-12-34(33)38(36-14-4-3-13-35(36)37)26-17-21-30(22-18-26)42-32-10-6-8-28(40)24-32/h1-24H,39-40H2. The molecule has 4 nitrogen and oxygen atoms in total. The molecule has 0 heterocycles. The first-order chi connectivity index (χ1) is 20.6. The largest absolute Gasteiger partial charge is 0.457 e. The van der Waals surface area contributed by atoms with Gasteiger partial charge in [-0.2, -0.15) is 0 Å². The number of nitrogens with two attached hydrogens (primary N) is 2. The van der Waals surface area contributed by atoms with E-state index >= 15 is 0 Å². The molecule has 0 radical (unpaired) electrons. The molecule has 0 aromatic heterocycles. The molecule has 7 rings (SSSR count). The Kier molecular flexibility index (Phi) is 6.42. The highest BCUT2D eigenvalue weighted by Gasteiger charge is 2.16. The third-order valence-electron chi connectivity index (χ3n) is 7.41. The molecule has 0 spiro atoms. The predicted octanol–water partition coefficient (Wildman–Crippen LogP) is 10.1. The Hall–Kier alpha value is -5.74. The van der Waals surface area contributed by atoms with Crippen LogP contribution < -0.4 is 20.9 Å². The molecular formula is C38H28N2O2. The molecule has 0 saturated heterocycles. The van der Waals surface area contributed by atoms with Crippen LogP contribution in [0.2, 0.25) is 0 Å². The van der Waals surface area contributed by atoms with Crippen LogP contribution in [-0.2, 0) is 0 Å². The van der Waals surface area contributed by atoms with Crippen LogP contribution in [0.4, 0.5) is 11.4 Å². The van der Waals surface area contributed by atoms with Crippen molar-refractivity contribution in [3.8, 4) is 45.3 Å². The van der Waals surface area contributed by atoms with E-state index in [1.165, 1.54) is 32.7 Å². The Morgan fingerprint density at radius 2 is 0.690 bits per heavy atom. The van der Waals surface area contributed by atoms with Crippen molar-refractivity contribution in [2.75, 3.05) is 11.5 Å². The van der Waals surface area contributed by atoms with E-state index in [4.69, 9.17) is 20.9 Å². The number of hydrogen-bond donors (Lipinski definition) is 2. The lowest BCUT2D eigenvalue weighted by molar-refractivity contribution is 0.483. The predicted molar refractivity (Wildman–Crippen MR) is 174 cm³/mol. The summed E-state index contributed by atoms with van der Waals surface area (Å²) in [6.07, 6.45) is 0. The summed E-state index contributed by atoms with van der Waals surface area (Å²) >= 11 is 0. The van der Waals surface area contributed by atoms with Gasteiger partial charge in [-0.05, 0) is 92.3 Å². The van der Waals surface area contributed by atoms with Crippen molar-refractivity contribution in [3.63, 3.8) is 0 Å². The molecule has 4 N–H and O–H groups in total. The number of benzene rings is 7. The van der Waals surface area contributed by atoms with E-state index in [-0.39, 0.29) is 0 Å². The Balaban J connectivity index is 1.31. The van der Waals surface area contributed by atoms with Gasteiger partial charge in [-0.15, -0.1) is 0 Å². The topological polar surface area (TPSA) is 70.5 Å². The van der Waals surface area contributed by atoms with Crippen LogP contribution in [0.25, 0.3) is 43.8 Å². The first-order valence-corrected chi connectivity index (χ1v) is 13.8. The molecule has 0 atom stereocenters. The monoisotopic (exact) mass is 544 g/mol. The molecule has 0 aliphatic heterocycles. The Morgan fingerprint density at radius 3 is 1.02 bits per heavy atom. The number of hydrogen-bond acceptors (Lipinski definition) is 4. The summed E-state index contributed by atoms with van der Waals surface area (Å²) in [4.78, 5) is 0. The Morgan fingerprint density at radius 1 is 0.333 bits per heavy atom. The van der Waals surface area contributed by atoms with Gasteiger partial charge in [0.05, 0.1) is 0 Å². The van der Waals surface area contributed by atoms with Gasteiger partial charge in [-0.1, -0.05) is 84.9 Å². The SMILES string of the molecule is Nc1cccc(Oc2ccc(-c3c4ccccc4c(-c4ccc(Oc5cccc(N)c5)cc4)c4ccccc34)cc2)c1. The third kappa shape index (κ3) is 4.87. The molecule has 4 heteroatoms. The van der Waals surface area contributed by atoms with Gasteiger partial charge in [0.2, 0.25) is 0 Å². The number of ether oxygens (including phenoxy) is 2. The number of anilines is 2. The summed E-state index contributed by atoms with van der Waals surface area (Å²) in [5.74, 6) is 2.95. The van der Waals surface area contributed by atoms with Gasteiger partial charge in [-0.25, -0.2) is 0 Å². The van der Waals surface area contributed by atoms with E-state index in [0.29, 0.717) is 22.9 Å². The highest BCUT2D eigenvalue weighted by Crippen LogP contribution is 2.44. The number of fused-ring (bicyclic) bond motifs is 2.